The van der Waals surface area contributed by atoms with Crippen molar-refractivity contribution in [3.63, 3.8) is 0 Å². The van der Waals surface area contributed by atoms with Gasteiger partial charge in [-0.3, -0.25) is 4.79 Å². The summed E-state index contributed by atoms with van der Waals surface area (Å²) in [7, 11) is 0. The molecule has 108 valence electrons. The van der Waals surface area contributed by atoms with E-state index in [0.29, 0.717) is 12.3 Å². The smallest absolute Gasteiger partial charge is 0.224 e. The molecule has 1 aromatic rings. The molecule has 1 saturated heterocycles. The van der Waals surface area contributed by atoms with E-state index in [4.69, 9.17) is 10.5 Å². The summed E-state index contributed by atoms with van der Waals surface area (Å²) in [6.45, 7) is 0.762. The molecule has 4 N–H and O–H groups in total. The topological polar surface area (TPSA) is 84.6 Å². The number of carbonyl (C=O) groups excluding carboxylic acids is 1. The van der Waals surface area contributed by atoms with Crippen LogP contribution in [0.4, 0.5) is 0 Å². The molecule has 0 spiro atoms. The van der Waals surface area contributed by atoms with Crippen LogP contribution in [0.2, 0.25) is 0 Å². The summed E-state index contributed by atoms with van der Waals surface area (Å²) in [5.74, 6) is 0.542. The van der Waals surface area contributed by atoms with E-state index in [1.54, 1.807) is 24.3 Å². The first-order chi connectivity index (χ1) is 9.65. The summed E-state index contributed by atoms with van der Waals surface area (Å²) < 4.78 is 5.70. The third-order valence-corrected chi connectivity index (χ3v) is 4.31. The van der Waals surface area contributed by atoms with Crippen LogP contribution < -0.4 is 11.1 Å². The first-order valence-corrected chi connectivity index (χ1v) is 7.09. The molecule has 5 nitrogen and oxygen atoms in total. The summed E-state index contributed by atoms with van der Waals surface area (Å²) >= 11 is 0. The lowest BCUT2D eigenvalue weighted by Gasteiger charge is -2.52. The number of hydrogen-bond acceptors (Lipinski definition) is 4. The van der Waals surface area contributed by atoms with Gasteiger partial charge in [0.1, 0.15) is 5.75 Å². The molecule has 4 atom stereocenters. The zero-order chi connectivity index (χ0) is 14.1. The summed E-state index contributed by atoms with van der Waals surface area (Å²) in [6, 6.07) is 6.59. The predicted octanol–water partition coefficient (Wildman–Crippen LogP) is 0.556. The van der Waals surface area contributed by atoms with E-state index in [9.17, 15) is 9.90 Å². The summed E-state index contributed by atoms with van der Waals surface area (Å²) in [5.41, 5.74) is 6.98. The van der Waals surface area contributed by atoms with Crippen molar-refractivity contribution in [2.45, 2.75) is 37.5 Å². The van der Waals surface area contributed by atoms with E-state index in [2.05, 4.69) is 5.32 Å². The normalized spacial score (nSPS) is 32.0. The van der Waals surface area contributed by atoms with Crippen molar-refractivity contribution in [2.75, 3.05) is 6.61 Å². The van der Waals surface area contributed by atoms with E-state index in [0.717, 1.165) is 25.0 Å². The first-order valence-electron chi connectivity index (χ1n) is 7.09. The van der Waals surface area contributed by atoms with Gasteiger partial charge in [-0.2, -0.15) is 0 Å². The van der Waals surface area contributed by atoms with Crippen LogP contribution in [0.1, 0.15) is 18.4 Å². The molecule has 20 heavy (non-hydrogen) atoms. The average molecular weight is 276 g/mol. The van der Waals surface area contributed by atoms with Crippen LogP contribution in [0.5, 0.6) is 5.75 Å². The zero-order valence-corrected chi connectivity index (χ0v) is 11.3. The molecule has 1 amide bonds. The highest BCUT2D eigenvalue weighted by atomic mass is 16.5. The molecule has 3 rings (SSSR count). The van der Waals surface area contributed by atoms with Gasteiger partial charge in [-0.05, 0) is 30.5 Å². The Labute approximate surface area is 118 Å². The van der Waals surface area contributed by atoms with Gasteiger partial charge in [-0.1, -0.05) is 12.1 Å². The van der Waals surface area contributed by atoms with Gasteiger partial charge >= 0.3 is 0 Å². The molecule has 1 aliphatic heterocycles. The van der Waals surface area contributed by atoms with E-state index >= 15 is 0 Å². The minimum atomic E-state index is -0.0649. The van der Waals surface area contributed by atoms with Crippen molar-refractivity contribution in [3.05, 3.63) is 29.8 Å². The molecule has 0 bridgehead atoms. The highest BCUT2D eigenvalue weighted by molar-refractivity contribution is 5.79. The van der Waals surface area contributed by atoms with Crippen molar-refractivity contribution in [3.8, 4) is 5.75 Å². The number of phenolic OH excluding ortho intramolecular Hbond substituents is 1. The second-order valence-electron chi connectivity index (χ2n) is 5.66. The number of aromatic hydroxyl groups is 1. The van der Waals surface area contributed by atoms with Gasteiger partial charge in [0.15, 0.2) is 0 Å². The van der Waals surface area contributed by atoms with E-state index in [1.165, 1.54) is 0 Å². The second kappa shape index (κ2) is 5.42. The van der Waals surface area contributed by atoms with Crippen molar-refractivity contribution in [1.82, 2.24) is 5.32 Å². The Hall–Kier alpha value is -1.59. The molecule has 1 aromatic carbocycles. The number of nitrogens with one attached hydrogen (secondary N) is 1. The van der Waals surface area contributed by atoms with Crippen LogP contribution in [0.3, 0.4) is 0 Å². The van der Waals surface area contributed by atoms with Crippen molar-refractivity contribution in [1.29, 1.82) is 0 Å². The average Bonchev–Trinajstić information content (AvgIpc) is 2.47. The van der Waals surface area contributed by atoms with Crippen LogP contribution in [0.25, 0.3) is 0 Å². The Morgan fingerprint density at radius 1 is 1.40 bits per heavy atom. The van der Waals surface area contributed by atoms with E-state index < -0.39 is 0 Å². The molecular weight excluding hydrogens is 256 g/mol. The lowest BCUT2D eigenvalue weighted by Crippen LogP contribution is -2.72. The van der Waals surface area contributed by atoms with Crippen LogP contribution in [-0.2, 0) is 16.0 Å². The minimum absolute atomic E-state index is 0.00377. The van der Waals surface area contributed by atoms with Crippen molar-refractivity contribution >= 4 is 5.91 Å². The third-order valence-electron chi connectivity index (χ3n) is 4.31. The monoisotopic (exact) mass is 276 g/mol. The van der Waals surface area contributed by atoms with Crippen LogP contribution in [0, 0.1) is 5.92 Å². The number of carbonyl (C=O) groups is 1. The molecule has 5 heteroatoms. The van der Waals surface area contributed by atoms with E-state index in [1.807, 2.05) is 0 Å². The third kappa shape index (κ3) is 2.51. The van der Waals surface area contributed by atoms with Crippen LogP contribution in [-0.4, -0.2) is 35.8 Å². The maximum Gasteiger partial charge on any atom is 0.224 e. The Balaban J connectivity index is 1.55. The molecule has 1 heterocycles. The number of amides is 1. The molecule has 4 unspecified atom stereocenters. The fraction of sp³-hybridized carbons (Fsp3) is 0.533. The van der Waals surface area contributed by atoms with Crippen molar-refractivity contribution in [2.24, 2.45) is 11.7 Å². The van der Waals surface area contributed by atoms with Gasteiger partial charge in [-0.15, -0.1) is 0 Å². The number of ether oxygens (including phenoxy) is 1. The zero-order valence-electron chi connectivity index (χ0n) is 11.3. The van der Waals surface area contributed by atoms with Gasteiger partial charge in [0.25, 0.3) is 0 Å². The quantitative estimate of drug-likeness (QED) is 0.753. The van der Waals surface area contributed by atoms with Gasteiger partial charge in [0.05, 0.1) is 18.6 Å². The highest BCUT2D eigenvalue weighted by Gasteiger charge is 2.50. The Bertz CT molecular complexity index is 488. The van der Waals surface area contributed by atoms with E-state index in [-0.39, 0.29) is 29.8 Å². The number of phenols is 1. The summed E-state index contributed by atoms with van der Waals surface area (Å²) in [6.07, 6.45) is 2.53. The maximum absolute atomic E-state index is 12.0. The number of rotatable bonds is 3. The fourth-order valence-electron chi connectivity index (χ4n) is 3.16. The van der Waals surface area contributed by atoms with Gasteiger partial charge in [0, 0.05) is 18.6 Å². The number of benzene rings is 1. The highest BCUT2D eigenvalue weighted by Crippen LogP contribution is 2.36. The van der Waals surface area contributed by atoms with Crippen LogP contribution in [0.15, 0.2) is 24.3 Å². The van der Waals surface area contributed by atoms with Gasteiger partial charge < -0.3 is 20.9 Å². The number of hydrogen-bond donors (Lipinski definition) is 3. The Morgan fingerprint density at radius 3 is 2.90 bits per heavy atom. The largest absolute Gasteiger partial charge is 0.508 e. The molecule has 2 aliphatic rings. The molecular formula is C15H20N2O3. The number of fused-ring (bicyclic) bond motifs is 1. The lowest BCUT2D eigenvalue weighted by atomic mass is 9.68. The predicted molar refractivity (Wildman–Crippen MR) is 74.2 cm³/mol. The summed E-state index contributed by atoms with van der Waals surface area (Å²) in [5, 5.41) is 12.2. The fourth-order valence-corrected chi connectivity index (χ4v) is 3.16. The molecule has 1 saturated carbocycles. The molecule has 0 radical (unpaired) electrons. The SMILES string of the molecule is NC1C2CCCOC2C1NC(=O)Cc1ccc(O)cc1. The lowest BCUT2D eigenvalue weighted by molar-refractivity contribution is -0.138. The maximum atomic E-state index is 12.0. The molecule has 1 aliphatic carbocycles. The van der Waals surface area contributed by atoms with Crippen LogP contribution >= 0.6 is 0 Å². The molecule has 2 fully saturated rings. The van der Waals surface area contributed by atoms with Crippen molar-refractivity contribution < 1.29 is 14.6 Å². The minimum Gasteiger partial charge on any atom is -0.508 e. The second-order valence-corrected chi connectivity index (χ2v) is 5.66. The van der Waals surface area contributed by atoms with Gasteiger partial charge in [-0.25, -0.2) is 0 Å². The Morgan fingerprint density at radius 2 is 2.15 bits per heavy atom. The summed E-state index contributed by atoms with van der Waals surface area (Å²) in [4.78, 5) is 12.0. The Kier molecular flexibility index (Phi) is 3.63. The standard InChI is InChI=1S/C15H20N2O3/c16-13-11-2-1-7-20-15(11)14(13)17-12(19)8-9-3-5-10(18)6-4-9/h3-6,11,13-15,18H,1-2,7-8,16H2,(H,17,19). The van der Waals surface area contributed by atoms with Gasteiger partial charge in [0.2, 0.25) is 5.91 Å². The number of nitrogens with two attached hydrogens (primary N) is 1. The molecule has 0 aromatic heterocycles. The first kappa shape index (κ1) is 13.4.